The van der Waals surface area contributed by atoms with Crippen molar-refractivity contribution in [3.8, 4) is 0 Å². The number of carbonyl (C=O) groups excluding carboxylic acids is 2. The van der Waals surface area contributed by atoms with Crippen LogP contribution in [0.25, 0.3) is 0 Å². The van der Waals surface area contributed by atoms with Gasteiger partial charge < -0.3 is 0 Å². The van der Waals surface area contributed by atoms with Gasteiger partial charge in [0, 0.05) is 35.4 Å². The first kappa shape index (κ1) is 21.8. The molecule has 1 aliphatic rings. The van der Waals surface area contributed by atoms with Crippen LogP contribution < -0.4 is 0 Å². The highest BCUT2D eigenvalue weighted by atomic mass is 16.1. The van der Waals surface area contributed by atoms with E-state index in [1.54, 1.807) is 0 Å². The second-order valence-electron chi connectivity index (χ2n) is 8.08. The average Bonchev–Trinajstić information content (AvgIpc) is 2.76. The van der Waals surface area contributed by atoms with Gasteiger partial charge in [0.05, 0.1) is 12.1 Å². The zero-order valence-electron chi connectivity index (χ0n) is 17.9. The molecule has 0 radical (unpaired) electrons. The minimum Gasteiger partial charge on any atom is -0.294 e. The van der Waals surface area contributed by atoms with Crippen LogP contribution in [0, 0.1) is 0 Å². The lowest BCUT2D eigenvalue weighted by atomic mass is 9.90. The van der Waals surface area contributed by atoms with E-state index in [0.717, 1.165) is 48.2 Å². The fourth-order valence-electron chi connectivity index (χ4n) is 3.97. The molecular weight excluding hydrogens is 372 g/mol. The third-order valence-corrected chi connectivity index (χ3v) is 5.49. The summed E-state index contributed by atoms with van der Waals surface area (Å²) in [7, 11) is 0. The maximum Gasteiger partial charge on any atom is 0.168 e. The third kappa shape index (κ3) is 6.31. The molecule has 3 rings (SSSR count). The molecule has 1 aliphatic carbocycles. The molecule has 0 heterocycles. The second kappa shape index (κ2) is 10.8. The molecule has 0 aliphatic heterocycles. The Hall–Kier alpha value is -2.88. The molecule has 156 valence electrons. The number of benzene rings is 2. The highest BCUT2D eigenvalue weighted by molar-refractivity contribution is 6.09. The van der Waals surface area contributed by atoms with Gasteiger partial charge in [-0.2, -0.15) is 0 Å². The summed E-state index contributed by atoms with van der Waals surface area (Å²) in [4.78, 5) is 34.7. The number of carbonyl (C=O) groups is 2. The molecular formula is C26H30N2O2. The van der Waals surface area contributed by atoms with Crippen LogP contribution in [0.5, 0.6) is 0 Å². The van der Waals surface area contributed by atoms with E-state index in [1.807, 2.05) is 74.5 Å². The van der Waals surface area contributed by atoms with Gasteiger partial charge in [-0.3, -0.25) is 19.6 Å². The van der Waals surface area contributed by atoms with Crippen LogP contribution in [-0.4, -0.2) is 35.1 Å². The predicted octanol–water partition coefficient (Wildman–Crippen LogP) is 5.77. The largest absolute Gasteiger partial charge is 0.294 e. The Balaban J connectivity index is 1.65. The van der Waals surface area contributed by atoms with Crippen LogP contribution in [0.2, 0.25) is 0 Å². The first-order valence-corrected chi connectivity index (χ1v) is 10.8. The van der Waals surface area contributed by atoms with Gasteiger partial charge in [-0.15, -0.1) is 0 Å². The second-order valence-corrected chi connectivity index (χ2v) is 8.08. The fraction of sp³-hybridized carbons (Fsp3) is 0.385. The van der Waals surface area contributed by atoms with Crippen LogP contribution in [0.15, 0.2) is 70.6 Å². The summed E-state index contributed by atoms with van der Waals surface area (Å²) in [5, 5.41) is 0. The lowest BCUT2D eigenvalue weighted by molar-refractivity contribution is 0.0992. The molecule has 2 aromatic carbocycles. The minimum atomic E-state index is 0.0871. The number of hydrogen-bond donors (Lipinski definition) is 0. The zero-order chi connectivity index (χ0) is 21.3. The van der Waals surface area contributed by atoms with Crippen LogP contribution >= 0.6 is 0 Å². The maximum absolute atomic E-state index is 12.5. The number of rotatable bonds is 8. The molecule has 4 nitrogen and oxygen atoms in total. The third-order valence-electron chi connectivity index (χ3n) is 5.49. The van der Waals surface area contributed by atoms with E-state index in [4.69, 9.17) is 9.98 Å². The summed E-state index contributed by atoms with van der Waals surface area (Å²) in [6.45, 7) is 3.87. The van der Waals surface area contributed by atoms with Gasteiger partial charge in [0.1, 0.15) is 0 Å². The summed E-state index contributed by atoms with van der Waals surface area (Å²) in [5.74, 6) is 0.190. The highest BCUT2D eigenvalue weighted by Gasteiger charge is 2.25. The van der Waals surface area contributed by atoms with Gasteiger partial charge >= 0.3 is 0 Å². The van der Waals surface area contributed by atoms with E-state index < -0.39 is 0 Å². The van der Waals surface area contributed by atoms with Crippen molar-refractivity contribution in [1.82, 2.24) is 0 Å². The van der Waals surface area contributed by atoms with Crippen LogP contribution in [0.4, 0.5) is 0 Å². The summed E-state index contributed by atoms with van der Waals surface area (Å²) in [6.07, 6.45) is 4.88. The highest BCUT2D eigenvalue weighted by Crippen LogP contribution is 2.25. The van der Waals surface area contributed by atoms with E-state index in [-0.39, 0.29) is 23.7 Å². The number of nitrogens with zero attached hydrogens (tertiary/aromatic N) is 2. The Morgan fingerprint density at radius 1 is 0.700 bits per heavy atom. The molecule has 4 heteroatoms. The number of ketones is 2. The predicted molar refractivity (Wildman–Crippen MR) is 123 cm³/mol. The Bertz CT molecular complexity index is 839. The van der Waals surface area contributed by atoms with Gasteiger partial charge in [-0.25, -0.2) is 0 Å². The summed E-state index contributed by atoms with van der Waals surface area (Å²) in [5.41, 5.74) is 3.16. The van der Waals surface area contributed by atoms with E-state index in [1.165, 1.54) is 0 Å². The monoisotopic (exact) mass is 402 g/mol. The molecule has 0 aromatic heterocycles. The lowest BCUT2D eigenvalue weighted by Gasteiger charge is -2.27. The molecule has 0 spiro atoms. The first-order chi connectivity index (χ1) is 14.5. The van der Waals surface area contributed by atoms with Gasteiger partial charge in [-0.05, 0) is 26.7 Å². The van der Waals surface area contributed by atoms with Crippen LogP contribution in [0.3, 0.4) is 0 Å². The van der Waals surface area contributed by atoms with Crippen molar-refractivity contribution >= 4 is 23.0 Å². The van der Waals surface area contributed by atoms with E-state index in [9.17, 15) is 9.59 Å². The molecule has 0 amide bonds. The number of aliphatic imine (C=N–C) groups is 2. The van der Waals surface area contributed by atoms with Gasteiger partial charge in [0.2, 0.25) is 0 Å². The van der Waals surface area contributed by atoms with Crippen molar-refractivity contribution < 1.29 is 9.59 Å². The van der Waals surface area contributed by atoms with Crippen LogP contribution in [0.1, 0.15) is 73.1 Å². The topological polar surface area (TPSA) is 58.9 Å². The lowest BCUT2D eigenvalue weighted by Crippen LogP contribution is -2.29. The molecule has 0 saturated heterocycles. The van der Waals surface area contributed by atoms with Crippen molar-refractivity contribution in [3.63, 3.8) is 0 Å². The molecule has 1 saturated carbocycles. The number of hydrogen-bond acceptors (Lipinski definition) is 4. The first-order valence-electron chi connectivity index (χ1n) is 10.8. The van der Waals surface area contributed by atoms with Crippen molar-refractivity contribution in [2.45, 2.75) is 64.5 Å². The zero-order valence-corrected chi connectivity index (χ0v) is 17.9. The van der Waals surface area contributed by atoms with Crippen molar-refractivity contribution in [2.24, 2.45) is 9.98 Å². The van der Waals surface area contributed by atoms with Crippen molar-refractivity contribution in [3.05, 3.63) is 71.8 Å². The van der Waals surface area contributed by atoms with Gasteiger partial charge in [-0.1, -0.05) is 73.5 Å². The van der Waals surface area contributed by atoms with Gasteiger partial charge in [0.15, 0.2) is 11.6 Å². The summed E-state index contributed by atoms with van der Waals surface area (Å²) in [6, 6.07) is 18.9. The Morgan fingerprint density at radius 3 is 1.43 bits per heavy atom. The molecule has 0 bridgehead atoms. The molecule has 1 fully saturated rings. The van der Waals surface area contributed by atoms with E-state index in [0.29, 0.717) is 12.8 Å². The average molecular weight is 403 g/mol. The van der Waals surface area contributed by atoms with Gasteiger partial charge in [0.25, 0.3) is 0 Å². The van der Waals surface area contributed by atoms with Crippen molar-refractivity contribution in [2.75, 3.05) is 0 Å². The molecule has 2 aromatic rings. The van der Waals surface area contributed by atoms with Crippen molar-refractivity contribution in [1.29, 1.82) is 0 Å². The quantitative estimate of drug-likeness (QED) is 0.416. The Kier molecular flexibility index (Phi) is 7.83. The molecule has 0 N–H and O–H groups in total. The SMILES string of the molecule is CC(CC(=O)c1ccccc1)=N[C@H]1CCCC[C@@H]1N=C(C)CC(=O)c1ccccc1. The molecule has 30 heavy (non-hydrogen) atoms. The smallest absolute Gasteiger partial charge is 0.168 e. The summed E-state index contributed by atoms with van der Waals surface area (Å²) < 4.78 is 0. The standard InChI is InChI=1S/C26H30N2O2/c1-19(17-25(29)21-11-5-3-6-12-21)27-23-15-9-10-16-24(23)28-20(2)18-26(30)22-13-7-4-8-14-22/h3-8,11-14,23-24H,9-10,15-18H2,1-2H3/t23-,24-/m0/s1. The Morgan fingerprint density at radius 2 is 1.07 bits per heavy atom. The molecule has 0 unspecified atom stereocenters. The van der Waals surface area contributed by atoms with E-state index in [2.05, 4.69) is 0 Å². The normalized spacial score (nSPS) is 20.1. The minimum absolute atomic E-state index is 0.0871. The maximum atomic E-state index is 12.5. The summed E-state index contributed by atoms with van der Waals surface area (Å²) >= 11 is 0. The number of Topliss-reactive ketones (excluding diaryl/α,β-unsaturated/α-hetero) is 2. The molecule has 2 atom stereocenters. The van der Waals surface area contributed by atoms with E-state index >= 15 is 0 Å². The van der Waals surface area contributed by atoms with Crippen LogP contribution in [-0.2, 0) is 0 Å². The fourth-order valence-corrected chi connectivity index (χ4v) is 3.97. The Labute approximate surface area is 179 Å².